The Bertz CT molecular complexity index is 742. The largest absolute Gasteiger partial charge is 0.497 e. The maximum Gasteiger partial charge on any atom is 0.273 e. The molecular formula is C18H21N3O3. The number of benzene rings is 2. The first kappa shape index (κ1) is 17.3. The van der Waals surface area contributed by atoms with E-state index in [0.29, 0.717) is 22.6 Å². The lowest BCUT2D eigenvalue weighted by Crippen LogP contribution is -2.21. The average molecular weight is 327 g/mol. The van der Waals surface area contributed by atoms with Gasteiger partial charge in [0, 0.05) is 25.3 Å². The van der Waals surface area contributed by atoms with Gasteiger partial charge < -0.3 is 14.4 Å². The normalized spacial score (nSPS) is 10.5. The molecule has 1 N–H and O–H groups in total. The lowest BCUT2D eigenvalue weighted by molar-refractivity contribution is 0.0955. The van der Waals surface area contributed by atoms with Gasteiger partial charge in [-0.25, -0.2) is 5.43 Å². The Hall–Kier alpha value is -3.02. The molecule has 6 heteroatoms. The number of methoxy groups -OCH3 is 2. The zero-order chi connectivity index (χ0) is 17.5. The van der Waals surface area contributed by atoms with Crippen molar-refractivity contribution < 1.29 is 14.3 Å². The summed E-state index contributed by atoms with van der Waals surface area (Å²) >= 11 is 0. The molecule has 0 aliphatic heterocycles. The van der Waals surface area contributed by atoms with Gasteiger partial charge in [-0.05, 0) is 30.3 Å². The summed E-state index contributed by atoms with van der Waals surface area (Å²) in [6, 6.07) is 12.7. The van der Waals surface area contributed by atoms with E-state index in [2.05, 4.69) is 10.5 Å². The molecule has 0 saturated heterocycles. The molecule has 0 saturated carbocycles. The molecule has 0 heterocycles. The highest BCUT2D eigenvalue weighted by Gasteiger charge is 2.11. The number of nitrogens with zero attached hydrogens (tertiary/aromatic N) is 2. The van der Waals surface area contributed by atoms with E-state index in [1.807, 2.05) is 37.2 Å². The predicted octanol–water partition coefficient (Wildman–Crippen LogP) is 2.53. The minimum absolute atomic E-state index is 0.280. The van der Waals surface area contributed by atoms with Crippen LogP contribution in [-0.4, -0.2) is 40.4 Å². The van der Waals surface area contributed by atoms with Crippen molar-refractivity contribution in [1.82, 2.24) is 5.43 Å². The fourth-order valence-corrected chi connectivity index (χ4v) is 2.22. The van der Waals surface area contributed by atoms with Gasteiger partial charge in [-0.2, -0.15) is 5.10 Å². The van der Waals surface area contributed by atoms with Crippen LogP contribution in [0.25, 0.3) is 0 Å². The van der Waals surface area contributed by atoms with Gasteiger partial charge in [0.05, 0.1) is 26.0 Å². The maximum absolute atomic E-state index is 12.3. The first-order valence-corrected chi connectivity index (χ1v) is 7.38. The zero-order valence-corrected chi connectivity index (χ0v) is 14.2. The van der Waals surface area contributed by atoms with Gasteiger partial charge in [0.1, 0.15) is 11.5 Å². The molecular weight excluding hydrogens is 306 g/mol. The first-order valence-electron chi connectivity index (χ1n) is 7.38. The Balaban J connectivity index is 2.16. The van der Waals surface area contributed by atoms with Crippen molar-refractivity contribution in [3.8, 4) is 11.5 Å². The number of hydrogen-bond acceptors (Lipinski definition) is 5. The van der Waals surface area contributed by atoms with E-state index < -0.39 is 0 Å². The Morgan fingerprint density at radius 1 is 1.12 bits per heavy atom. The highest BCUT2D eigenvalue weighted by atomic mass is 16.5. The van der Waals surface area contributed by atoms with Crippen molar-refractivity contribution in [3.63, 3.8) is 0 Å². The quantitative estimate of drug-likeness (QED) is 0.654. The number of carbonyl (C=O) groups is 1. The van der Waals surface area contributed by atoms with Crippen LogP contribution in [0.5, 0.6) is 11.5 Å². The molecule has 0 atom stereocenters. The number of para-hydroxylation sites is 1. The number of nitrogens with one attached hydrogen (secondary N) is 1. The maximum atomic E-state index is 12.3. The van der Waals surface area contributed by atoms with Crippen LogP contribution in [0.4, 0.5) is 5.69 Å². The second-order valence-corrected chi connectivity index (χ2v) is 5.22. The summed E-state index contributed by atoms with van der Waals surface area (Å²) in [7, 11) is 6.93. The molecule has 6 nitrogen and oxygen atoms in total. The van der Waals surface area contributed by atoms with Crippen LogP contribution in [0.15, 0.2) is 47.6 Å². The van der Waals surface area contributed by atoms with Crippen molar-refractivity contribution in [2.24, 2.45) is 5.10 Å². The minimum Gasteiger partial charge on any atom is -0.497 e. The Morgan fingerprint density at radius 3 is 2.54 bits per heavy atom. The summed E-state index contributed by atoms with van der Waals surface area (Å²) < 4.78 is 10.5. The molecule has 2 aromatic rings. The number of ether oxygens (including phenoxy) is 2. The highest BCUT2D eigenvalue weighted by Crippen LogP contribution is 2.22. The van der Waals surface area contributed by atoms with Gasteiger partial charge in [0.25, 0.3) is 5.91 Å². The van der Waals surface area contributed by atoms with Gasteiger partial charge in [-0.15, -0.1) is 0 Å². The van der Waals surface area contributed by atoms with Crippen molar-refractivity contribution >= 4 is 17.8 Å². The second kappa shape index (κ2) is 8.01. The number of hydrogen-bond donors (Lipinski definition) is 1. The monoisotopic (exact) mass is 327 g/mol. The summed E-state index contributed by atoms with van der Waals surface area (Å²) in [5, 5.41) is 4.02. The number of amides is 1. The number of hydrazone groups is 1. The van der Waals surface area contributed by atoms with Gasteiger partial charge in [0.15, 0.2) is 0 Å². The summed E-state index contributed by atoms with van der Waals surface area (Å²) in [5.74, 6) is 1.04. The Kier molecular flexibility index (Phi) is 5.78. The van der Waals surface area contributed by atoms with E-state index in [9.17, 15) is 4.79 Å². The van der Waals surface area contributed by atoms with Gasteiger partial charge >= 0.3 is 0 Å². The lowest BCUT2D eigenvalue weighted by Gasteiger charge is -2.15. The summed E-state index contributed by atoms with van der Waals surface area (Å²) in [6.07, 6.45) is 1.53. The van der Waals surface area contributed by atoms with Gasteiger partial charge in [0.2, 0.25) is 0 Å². The number of rotatable bonds is 6. The smallest absolute Gasteiger partial charge is 0.273 e. The van der Waals surface area contributed by atoms with Crippen LogP contribution < -0.4 is 19.8 Å². The van der Waals surface area contributed by atoms with Crippen LogP contribution in [0.1, 0.15) is 15.9 Å². The first-order chi connectivity index (χ1) is 11.6. The van der Waals surface area contributed by atoms with E-state index in [0.717, 1.165) is 5.69 Å². The zero-order valence-electron chi connectivity index (χ0n) is 14.2. The SMILES string of the molecule is COc1ccc(OC)c(/C=N\NC(=O)c2ccccc2N(C)C)c1. The highest BCUT2D eigenvalue weighted by molar-refractivity contribution is 6.00. The third-order valence-electron chi connectivity index (χ3n) is 3.44. The molecule has 0 aromatic heterocycles. The van der Waals surface area contributed by atoms with E-state index >= 15 is 0 Å². The van der Waals surface area contributed by atoms with Crippen molar-refractivity contribution in [2.75, 3.05) is 33.2 Å². The van der Waals surface area contributed by atoms with Crippen LogP contribution in [0, 0.1) is 0 Å². The van der Waals surface area contributed by atoms with E-state index in [1.54, 1.807) is 38.5 Å². The van der Waals surface area contributed by atoms with Crippen LogP contribution in [-0.2, 0) is 0 Å². The minimum atomic E-state index is -0.280. The van der Waals surface area contributed by atoms with E-state index in [1.165, 1.54) is 6.21 Å². The predicted molar refractivity (Wildman–Crippen MR) is 95.4 cm³/mol. The molecule has 126 valence electrons. The molecule has 2 rings (SSSR count). The van der Waals surface area contributed by atoms with E-state index in [4.69, 9.17) is 9.47 Å². The molecule has 0 spiro atoms. The number of anilines is 1. The molecule has 0 aliphatic carbocycles. The van der Waals surface area contributed by atoms with Crippen molar-refractivity contribution in [3.05, 3.63) is 53.6 Å². The topological polar surface area (TPSA) is 63.2 Å². The van der Waals surface area contributed by atoms with E-state index in [-0.39, 0.29) is 5.91 Å². The molecule has 0 fully saturated rings. The molecule has 1 amide bonds. The second-order valence-electron chi connectivity index (χ2n) is 5.22. The van der Waals surface area contributed by atoms with Crippen molar-refractivity contribution in [2.45, 2.75) is 0 Å². The van der Waals surface area contributed by atoms with Crippen LogP contribution in [0.2, 0.25) is 0 Å². The molecule has 24 heavy (non-hydrogen) atoms. The molecule has 0 aliphatic rings. The standard InChI is InChI=1S/C18H21N3O3/c1-21(2)16-8-6-5-7-15(16)18(22)20-19-12-13-11-14(23-3)9-10-17(13)24-4/h5-12H,1-4H3,(H,20,22)/b19-12-. The molecule has 2 aromatic carbocycles. The lowest BCUT2D eigenvalue weighted by atomic mass is 10.1. The summed E-state index contributed by atoms with van der Waals surface area (Å²) in [6.45, 7) is 0. The fraction of sp³-hybridized carbons (Fsp3) is 0.222. The molecule has 0 unspecified atom stereocenters. The van der Waals surface area contributed by atoms with Crippen molar-refractivity contribution in [1.29, 1.82) is 0 Å². The Morgan fingerprint density at radius 2 is 1.88 bits per heavy atom. The van der Waals surface area contributed by atoms with Gasteiger partial charge in [-0.1, -0.05) is 12.1 Å². The fourth-order valence-electron chi connectivity index (χ4n) is 2.22. The third kappa shape index (κ3) is 4.04. The van der Waals surface area contributed by atoms with Crippen LogP contribution >= 0.6 is 0 Å². The molecule has 0 radical (unpaired) electrons. The van der Waals surface area contributed by atoms with Crippen LogP contribution in [0.3, 0.4) is 0 Å². The Labute approximate surface area is 141 Å². The van der Waals surface area contributed by atoms with Gasteiger partial charge in [-0.3, -0.25) is 4.79 Å². The molecule has 0 bridgehead atoms. The summed E-state index contributed by atoms with van der Waals surface area (Å²) in [4.78, 5) is 14.2. The number of carbonyl (C=O) groups excluding carboxylic acids is 1. The average Bonchev–Trinajstić information content (AvgIpc) is 2.61. The summed E-state index contributed by atoms with van der Waals surface area (Å²) in [5.41, 5.74) is 4.62. The third-order valence-corrected chi connectivity index (χ3v) is 3.44.